The summed E-state index contributed by atoms with van der Waals surface area (Å²) in [6, 6.07) is 14.5. The molecule has 6 heteroatoms. The SMILES string of the molecule is COc1ccccc1C1(c2nnc(Cc3ccccc3F)o2)CCOCC1. The number of ether oxygens (including phenoxy) is 2. The van der Waals surface area contributed by atoms with Crippen molar-refractivity contribution in [1.29, 1.82) is 0 Å². The number of para-hydroxylation sites is 1. The number of rotatable bonds is 5. The number of benzene rings is 2. The van der Waals surface area contributed by atoms with Crippen LogP contribution in [0.5, 0.6) is 5.75 Å². The lowest BCUT2D eigenvalue weighted by Crippen LogP contribution is -2.35. The van der Waals surface area contributed by atoms with E-state index in [9.17, 15) is 4.39 Å². The topological polar surface area (TPSA) is 57.4 Å². The van der Waals surface area contributed by atoms with E-state index < -0.39 is 5.41 Å². The van der Waals surface area contributed by atoms with Gasteiger partial charge in [-0.05, 0) is 30.5 Å². The van der Waals surface area contributed by atoms with Crippen LogP contribution >= 0.6 is 0 Å². The second-order valence-electron chi connectivity index (χ2n) is 6.66. The molecule has 4 rings (SSSR count). The monoisotopic (exact) mass is 368 g/mol. The largest absolute Gasteiger partial charge is 0.496 e. The zero-order valence-electron chi connectivity index (χ0n) is 15.2. The Morgan fingerprint density at radius 1 is 1.04 bits per heavy atom. The van der Waals surface area contributed by atoms with Gasteiger partial charge in [0.15, 0.2) is 0 Å². The lowest BCUT2D eigenvalue weighted by molar-refractivity contribution is 0.0533. The van der Waals surface area contributed by atoms with Gasteiger partial charge in [-0.15, -0.1) is 10.2 Å². The minimum atomic E-state index is -0.467. The average Bonchev–Trinajstić information content (AvgIpc) is 3.19. The van der Waals surface area contributed by atoms with Gasteiger partial charge in [0.05, 0.1) is 18.9 Å². The highest BCUT2D eigenvalue weighted by atomic mass is 19.1. The third kappa shape index (κ3) is 3.32. The Kier molecular flexibility index (Phi) is 4.90. The highest BCUT2D eigenvalue weighted by Crippen LogP contribution is 2.44. The fourth-order valence-electron chi connectivity index (χ4n) is 3.68. The molecule has 2 heterocycles. The third-order valence-electron chi connectivity index (χ3n) is 5.14. The molecule has 140 valence electrons. The van der Waals surface area contributed by atoms with Gasteiger partial charge in [0.1, 0.15) is 11.6 Å². The van der Waals surface area contributed by atoms with Crippen LogP contribution in [-0.4, -0.2) is 30.5 Å². The number of hydrogen-bond donors (Lipinski definition) is 0. The molecule has 0 aliphatic carbocycles. The maximum absolute atomic E-state index is 14.0. The Balaban J connectivity index is 1.72. The summed E-state index contributed by atoms with van der Waals surface area (Å²) < 4.78 is 31.2. The van der Waals surface area contributed by atoms with E-state index in [2.05, 4.69) is 10.2 Å². The zero-order chi connectivity index (χ0) is 18.7. The molecule has 0 atom stereocenters. The molecule has 1 fully saturated rings. The highest BCUT2D eigenvalue weighted by molar-refractivity contribution is 5.43. The number of halogens is 1. The summed E-state index contributed by atoms with van der Waals surface area (Å²) in [5.41, 5.74) is 1.08. The van der Waals surface area contributed by atoms with Crippen LogP contribution < -0.4 is 4.74 Å². The number of aromatic nitrogens is 2. The Bertz CT molecular complexity index is 919. The summed E-state index contributed by atoms with van der Waals surface area (Å²) in [4.78, 5) is 0. The van der Waals surface area contributed by atoms with Crippen LogP contribution in [-0.2, 0) is 16.6 Å². The first kappa shape index (κ1) is 17.7. The van der Waals surface area contributed by atoms with Gasteiger partial charge in [-0.2, -0.15) is 0 Å². The molecule has 0 amide bonds. The van der Waals surface area contributed by atoms with E-state index in [0.717, 1.165) is 11.3 Å². The van der Waals surface area contributed by atoms with E-state index >= 15 is 0 Å². The van der Waals surface area contributed by atoms with E-state index in [1.807, 2.05) is 24.3 Å². The maximum Gasteiger partial charge on any atom is 0.227 e. The highest BCUT2D eigenvalue weighted by Gasteiger charge is 2.43. The lowest BCUT2D eigenvalue weighted by atomic mass is 9.73. The molecule has 1 aliphatic rings. The van der Waals surface area contributed by atoms with E-state index in [-0.39, 0.29) is 12.2 Å². The van der Waals surface area contributed by atoms with Crippen molar-refractivity contribution < 1.29 is 18.3 Å². The molecule has 1 aromatic heterocycles. The average molecular weight is 368 g/mol. The van der Waals surface area contributed by atoms with Gasteiger partial charge in [0.25, 0.3) is 0 Å². The minimum absolute atomic E-state index is 0.262. The van der Waals surface area contributed by atoms with Crippen molar-refractivity contribution >= 4 is 0 Å². The molecule has 1 saturated heterocycles. The molecule has 2 aromatic carbocycles. The van der Waals surface area contributed by atoms with Crippen molar-refractivity contribution in [3.8, 4) is 5.75 Å². The van der Waals surface area contributed by atoms with Crippen LogP contribution in [0.15, 0.2) is 52.9 Å². The van der Waals surface area contributed by atoms with Crippen molar-refractivity contribution in [3.63, 3.8) is 0 Å². The lowest BCUT2D eigenvalue weighted by Gasteiger charge is -2.35. The van der Waals surface area contributed by atoms with Crippen LogP contribution in [0, 0.1) is 5.82 Å². The smallest absolute Gasteiger partial charge is 0.227 e. The van der Waals surface area contributed by atoms with Gasteiger partial charge < -0.3 is 13.9 Å². The number of nitrogens with zero attached hydrogens (tertiary/aromatic N) is 2. The predicted octanol–water partition coefficient (Wildman–Crippen LogP) is 3.90. The summed E-state index contributed by atoms with van der Waals surface area (Å²) >= 11 is 0. The summed E-state index contributed by atoms with van der Waals surface area (Å²) in [6.45, 7) is 1.20. The van der Waals surface area contributed by atoms with Gasteiger partial charge >= 0.3 is 0 Å². The molecule has 5 nitrogen and oxygen atoms in total. The molecule has 27 heavy (non-hydrogen) atoms. The summed E-state index contributed by atoms with van der Waals surface area (Å²) in [6.07, 6.45) is 1.70. The number of methoxy groups -OCH3 is 1. The van der Waals surface area contributed by atoms with Crippen molar-refractivity contribution in [3.05, 3.63) is 77.3 Å². The van der Waals surface area contributed by atoms with Gasteiger partial charge in [0.2, 0.25) is 11.8 Å². The van der Waals surface area contributed by atoms with Gasteiger partial charge in [-0.3, -0.25) is 0 Å². The number of hydrogen-bond acceptors (Lipinski definition) is 5. The summed E-state index contributed by atoms with van der Waals surface area (Å²) in [5.74, 6) is 1.44. The Labute approximate surface area is 157 Å². The Morgan fingerprint density at radius 2 is 1.78 bits per heavy atom. The maximum atomic E-state index is 14.0. The van der Waals surface area contributed by atoms with Crippen LogP contribution in [0.1, 0.15) is 35.7 Å². The second kappa shape index (κ2) is 7.48. The molecule has 0 spiro atoms. The minimum Gasteiger partial charge on any atom is -0.496 e. The van der Waals surface area contributed by atoms with E-state index in [1.54, 1.807) is 25.3 Å². The van der Waals surface area contributed by atoms with Crippen molar-refractivity contribution in [2.24, 2.45) is 0 Å². The van der Waals surface area contributed by atoms with Gasteiger partial charge in [0, 0.05) is 18.8 Å². The molecule has 0 bridgehead atoms. The van der Waals surface area contributed by atoms with Crippen molar-refractivity contribution in [2.75, 3.05) is 20.3 Å². The molecule has 0 N–H and O–H groups in total. The van der Waals surface area contributed by atoms with Crippen LogP contribution in [0.4, 0.5) is 4.39 Å². The van der Waals surface area contributed by atoms with Crippen LogP contribution in [0.2, 0.25) is 0 Å². The second-order valence-corrected chi connectivity index (χ2v) is 6.66. The fourth-order valence-corrected chi connectivity index (χ4v) is 3.68. The molecule has 3 aromatic rings. The Morgan fingerprint density at radius 3 is 2.56 bits per heavy atom. The molecule has 1 aliphatic heterocycles. The fraction of sp³-hybridized carbons (Fsp3) is 0.333. The normalized spacial score (nSPS) is 16.2. The van der Waals surface area contributed by atoms with Gasteiger partial charge in [-0.1, -0.05) is 36.4 Å². The molecular formula is C21H21FN2O3. The van der Waals surface area contributed by atoms with E-state index in [0.29, 0.717) is 43.4 Å². The zero-order valence-corrected chi connectivity index (χ0v) is 15.2. The van der Waals surface area contributed by atoms with Crippen LogP contribution in [0.3, 0.4) is 0 Å². The molecule has 0 unspecified atom stereocenters. The quantitative estimate of drug-likeness (QED) is 0.684. The first-order valence-corrected chi connectivity index (χ1v) is 9.00. The summed E-state index contributed by atoms with van der Waals surface area (Å²) in [5, 5.41) is 8.53. The first-order chi connectivity index (χ1) is 13.2. The van der Waals surface area contributed by atoms with Crippen molar-refractivity contribution in [2.45, 2.75) is 24.7 Å². The van der Waals surface area contributed by atoms with Crippen molar-refractivity contribution in [1.82, 2.24) is 10.2 Å². The summed E-state index contributed by atoms with van der Waals surface area (Å²) in [7, 11) is 1.66. The molecular weight excluding hydrogens is 347 g/mol. The third-order valence-corrected chi connectivity index (χ3v) is 5.14. The van der Waals surface area contributed by atoms with Crippen LogP contribution in [0.25, 0.3) is 0 Å². The standard InChI is InChI=1S/C21H21FN2O3/c1-25-18-9-5-3-7-16(18)21(10-12-26-13-11-21)20-24-23-19(27-20)14-15-6-2-4-8-17(15)22/h2-9H,10-14H2,1H3. The molecule has 0 radical (unpaired) electrons. The van der Waals surface area contributed by atoms with E-state index in [4.69, 9.17) is 13.9 Å². The van der Waals surface area contributed by atoms with Gasteiger partial charge in [-0.25, -0.2) is 4.39 Å². The first-order valence-electron chi connectivity index (χ1n) is 9.00. The molecule has 0 saturated carbocycles. The Hall–Kier alpha value is -2.73. The predicted molar refractivity (Wildman–Crippen MR) is 97.3 cm³/mol. The van der Waals surface area contributed by atoms with E-state index in [1.165, 1.54) is 6.07 Å².